The molecule has 0 N–H and O–H groups in total. The van der Waals surface area contributed by atoms with Crippen LogP contribution in [0.2, 0.25) is 0 Å². The SMILES string of the molecule is O=C(C1CC(=O)N(C2CCOCC2)C1)N1CCOCC1. The zero-order valence-electron chi connectivity index (χ0n) is 11.8. The zero-order valence-corrected chi connectivity index (χ0v) is 11.8. The van der Waals surface area contributed by atoms with Crippen LogP contribution in [0.3, 0.4) is 0 Å². The first-order valence-corrected chi connectivity index (χ1v) is 7.49. The fourth-order valence-electron chi connectivity index (χ4n) is 3.29. The van der Waals surface area contributed by atoms with Crippen molar-refractivity contribution >= 4 is 11.8 Å². The van der Waals surface area contributed by atoms with Gasteiger partial charge in [-0.15, -0.1) is 0 Å². The molecule has 0 aromatic carbocycles. The van der Waals surface area contributed by atoms with Gasteiger partial charge in [0.05, 0.1) is 19.1 Å². The van der Waals surface area contributed by atoms with Crippen molar-refractivity contribution in [3.63, 3.8) is 0 Å². The molecule has 3 aliphatic rings. The highest BCUT2D eigenvalue weighted by Gasteiger charge is 2.39. The third kappa shape index (κ3) is 2.81. The maximum atomic E-state index is 12.4. The summed E-state index contributed by atoms with van der Waals surface area (Å²) in [6.45, 7) is 4.54. The maximum absolute atomic E-state index is 12.4. The lowest BCUT2D eigenvalue weighted by atomic mass is 10.1. The number of carbonyl (C=O) groups excluding carboxylic acids is 2. The number of morpholine rings is 1. The van der Waals surface area contributed by atoms with Crippen LogP contribution in [0.5, 0.6) is 0 Å². The summed E-state index contributed by atoms with van der Waals surface area (Å²) < 4.78 is 10.6. The van der Waals surface area contributed by atoms with E-state index in [0.717, 1.165) is 26.1 Å². The Hall–Kier alpha value is -1.14. The number of ether oxygens (including phenoxy) is 2. The van der Waals surface area contributed by atoms with E-state index < -0.39 is 0 Å². The van der Waals surface area contributed by atoms with Crippen molar-refractivity contribution in [2.75, 3.05) is 46.1 Å². The standard InChI is InChI=1S/C14H22N2O4/c17-13-9-11(14(18)15-3-7-20-8-4-15)10-16(13)12-1-5-19-6-2-12/h11-12H,1-10H2. The molecule has 112 valence electrons. The lowest BCUT2D eigenvalue weighted by molar-refractivity contribution is -0.139. The second kappa shape index (κ2) is 6.10. The molecule has 3 saturated heterocycles. The Morgan fingerprint density at radius 2 is 1.70 bits per heavy atom. The van der Waals surface area contributed by atoms with Crippen LogP contribution in [0.25, 0.3) is 0 Å². The van der Waals surface area contributed by atoms with Gasteiger partial charge in [0, 0.05) is 45.3 Å². The molecule has 3 rings (SSSR count). The topological polar surface area (TPSA) is 59.1 Å². The molecule has 0 radical (unpaired) electrons. The van der Waals surface area contributed by atoms with E-state index in [1.807, 2.05) is 9.80 Å². The Labute approximate surface area is 119 Å². The number of nitrogens with zero attached hydrogens (tertiary/aromatic N) is 2. The van der Waals surface area contributed by atoms with E-state index in [-0.39, 0.29) is 23.8 Å². The number of amides is 2. The molecule has 0 aromatic rings. The van der Waals surface area contributed by atoms with E-state index in [1.54, 1.807) is 0 Å². The quantitative estimate of drug-likeness (QED) is 0.708. The number of hydrogen-bond donors (Lipinski definition) is 0. The largest absolute Gasteiger partial charge is 0.381 e. The minimum absolute atomic E-state index is 0.121. The third-order valence-corrected chi connectivity index (χ3v) is 4.46. The number of likely N-dealkylation sites (tertiary alicyclic amines) is 1. The lowest BCUT2D eigenvalue weighted by Crippen LogP contribution is -2.45. The summed E-state index contributed by atoms with van der Waals surface area (Å²) in [5.41, 5.74) is 0. The van der Waals surface area contributed by atoms with E-state index in [9.17, 15) is 9.59 Å². The molecule has 1 unspecified atom stereocenters. The van der Waals surface area contributed by atoms with Gasteiger partial charge in [0.2, 0.25) is 11.8 Å². The predicted octanol–water partition coefficient (Wildman–Crippen LogP) is -0.127. The van der Waals surface area contributed by atoms with Gasteiger partial charge >= 0.3 is 0 Å². The van der Waals surface area contributed by atoms with Crippen molar-refractivity contribution < 1.29 is 19.1 Å². The molecule has 0 spiro atoms. The van der Waals surface area contributed by atoms with Crippen molar-refractivity contribution in [2.45, 2.75) is 25.3 Å². The summed E-state index contributed by atoms with van der Waals surface area (Å²) in [6.07, 6.45) is 2.15. The van der Waals surface area contributed by atoms with E-state index >= 15 is 0 Å². The van der Waals surface area contributed by atoms with Crippen LogP contribution in [0, 0.1) is 5.92 Å². The first kappa shape index (κ1) is 13.8. The molecule has 0 aliphatic carbocycles. The van der Waals surface area contributed by atoms with Crippen molar-refractivity contribution in [2.24, 2.45) is 5.92 Å². The van der Waals surface area contributed by atoms with Gasteiger partial charge in [-0.05, 0) is 12.8 Å². The van der Waals surface area contributed by atoms with Crippen LogP contribution in [-0.2, 0) is 19.1 Å². The first-order valence-electron chi connectivity index (χ1n) is 7.49. The van der Waals surface area contributed by atoms with Gasteiger partial charge in [0.15, 0.2) is 0 Å². The van der Waals surface area contributed by atoms with Crippen molar-refractivity contribution in [3.05, 3.63) is 0 Å². The predicted molar refractivity (Wildman–Crippen MR) is 71.1 cm³/mol. The van der Waals surface area contributed by atoms with Gasteiger partial charge in [-0.2, -0.15) is 0 Å². The molecule has 20 heavy (non-hydrogen) atoms. The average Bonchev–Trinajstić information content (AvgIpc) is 2.90. The lowest BCUT2D eigenvalue weighted by Gasteiger charge is -2.32. The second-order valence-electron chi connectivity index (χ2n) is 5.73. The van der Waals surface area contributed by atoms with Gasteiger partial charge in [-0.1, -0.05) is 0 Å². The highest BCUT2D eigenvalue weighted by molar-refractivity contribution is 5.89. The molecule has 6 nitrogen and oxygen atoms in total. The molecule has 3 heterocycles. The minimum atomic E-state index is -0.163. The van der Waals surface area contributed by atoms with Crippen LogP contribution in [-0.4, -0.2) is 73.7 Å². The molecular weight excluding hydrogens is 260 g/mol. The Morgan fingerprint density at radius 3 is 2.40 bits per heavy atom. The molecule has 3 fully saturated rings. The van der Waals surface area contributed by atoms with Crippen molar-refractivity contribution in [1.82, 2.24) is 9.80 Å². The van der Waals surface area contributed by atoms with E-state index in [2.05, 4.69) is 0 Å². The molecule has 0 aromatic heterocycles. The van der Waals surface area contributed by atoms with Crippen LogP contribution in [0.15, 0.2) is 0 Å². The molecule has 3 aliphatic heterocycles. The Morgan fingerprint density at radius 1 is 1.05 bits per heavy atom. The van der Waals surface area contributed by atoms with Crippen LogP contribution in [0.4, 0.5) is 0 Å². The fraction of sp³-hybridized carbons (Fsp3) is 0.857. The third-order valence-electron chi connectivity index (χ3n) is 4.46. The monoisotopic (exact) mass is 282 g/mol. The van der Waals surface area contributed by atoms with Gasteiger partial charge in [-0.25, -0.2) is 0 Å². The van der Waals surface area contributed by atoms with Gasteiger partial charge < -0.3 is 19.3 Å². The smallest absolute Gasteiger partial charge is 0.228 e. The molecular formula is C14H22N2O4. The molecule has 0 bridgehead atoms. The molecule has 1 atom stereocenters. The normalized spacial score (nSPS) is 29.0. The van der Waals surface area contributed by atoms with Crippen LogP contribution < -0.4 is 0 Å². The fourth-order valence-corrected chi connectivity index (χ4v) is 3.29. The van der Waals surface area contributed by atoms with E-state index in [4.69, 9.17) is 9.47 Å². The highest BCUT2D eigenvalue weighted by atomic mass is 16.5. The summed E-state index contributed by atoms with van der Waals surface area (Å²) in [5, 5.41) is 0. The van der Waals surface area contributed by atoms with Crippen molar-refractivity contribution in [1.29, 1.82) is 0 Å². The van der Waals surface area contributed by atoms with E-state index in [0.29, 0.717) is 39.3 Å². The van der Waals surface area contributed by atoms with Crippen molar-refractivity contribution in [3.8, 4) is 0 Å². The van der Waals surface area contributed by atoms with Gasteiger partial charge in [0.1, 0.15) is 0 Å². The van der Waals surface area contributed by atoms with Gasteiger partial charge in [-0.3, -0.25) is 9.59 Å². The number of hydrogen-bond acceptors (Lipinski definition) is 4. The van der Waals surface area contributed by atoms with Crippen LogP contribution >= 0.6 is 0 Å². The van der Waals surface area contributed by atoms with Gasteiger partial charge in [0.25, 0.3) is 0 Å². The summed E-state index contributed by atoms with van der Waals surface area (Å²) in [7, 11) is 0. The summed E-state index contributed by atoms with van der Waals surface area (Å²) >= 11 is 0. The number of rotatable bonds is 2. The van der Waals surface area contributed by atoms with Crippen LogP contribution in [0.1, 0.15) is 19.3 Å². The number of carbonyl (C=O) groups is 2. The first-order chi connectivity index (χ1) is 9.75. The zero-order chi connectivity index (χ0) is 13.9. The molecule has 0 saturated carbocycles. The Kier molecular flexibility index (Phi) is 4.21. The highest BCUT2D eigenvalue weighted by Crippen LogP contribution is 2.26. The Balaban J connectivity index is 1.59. The summed E-state index contributed by atoms with van der Waals surface area (Å²) in [6, 6.07) is 0.263. The maximum Gasteiger partial charge on any atom is 0.228 e. The molecule has 2 amide bonds. The average molecular weight is 282 g/mol. The Bertz CT molecular complexity index is 375. The summed E-state index contributed by atoms with van der Waals surface area (Å²) in [5.74, 6) is 0.0863. The second-order valence-corrected chi connectivity index (χ2v) is 5.73. The molecule has 6 heteroatoms. The summed E-state index contributed by atoms with van der Waals surface area (Å²) in [4.78, 5) is 28.4. The minimum Gasteiger partial charge on any atom is -0.381 e. The van der Waals surface area contributed by atoms with E-state index in [1.165, 1.54) is 0 Å².